The van der Waals surface area contributed by atoms with Gasteiger partial charge in [-0.25, -0.2) is 0 Å². The van der Waals surface area contributed by atoms with Gasteiger partial charge < -0.3 is 9.47 Å². The van der Waals surface area contributed by atoms with Crippen LogP contribution in [-0.4, -0.2) is 26.1 Å². The number of benzene rings is 1. The summed E-state index contributed by atoms with van der Waals surface area (Å²) in [5.41, 5.74) is 1.76. The topological polar surface area (TPSA) is 35.5 Å². The standard InChI is InChI=1S/C14H20O3/c1-4-8-17-14-7-6-12(9-11(14)5-2)13(15)10-16-3/h6-7,9H,4-5,8,10H2,1-3H3. The highest BCUT2D eigenvalue weighted by atomic mass is 16.5. The molecule has 0 saturated heterocycles. The molecule has 0 spiro atoms. The van der Waals surface area contributed by atoms with E-state index in [-0.39, 0.29) is 12.4 Å². The molecule has 0 unspecified atom stereocenters. The molecule has 0 amide bonds. The lowest BCUT2D eigenvalue weighted by Gasteiger charge is -2.11. The summed E-state index contributed by atoms with van der Waals surface area (Å²) in [6.45, 7) is 4.96. The van der Waals surface area contributed by atoms with Crippen LogP contribution in [0.15, 0.2) is 18.2 Å². The molecule has 0 aliphatic heterocycles. The van der Waals surface area contributed by atoms with E-state index in [1.54, 1.807) is 6.07 Å². The summed E-state index contributed by atoms with van der Waals surface area (Å²) >= 11 is 0. The minimum absolute atomic E-state index is 0.00393. The molecule has 94 valence electrons. The van der Waals surface area contributed by atoms with Crippen molar-refractivity contribution in [3.63, 3.8) is 0 Å². The van der Waals surface area contributed by atoms with E-state index in [2.05, 4.69) is 13.8 Å². The van der Waals surface area contributed by atoms with E-state index >= 15 is 0 Å². The van der Waals surface area contributed by atoms with Crippen LogP contribution in [0.5, 0.6) is 5.75 Å². The number of ketones is 1. The molecule has 3 nitrogen and oxygen atoms in total. The van der Waals surface area contributed by atoms with Crippen LogP contribution >= 0.6 is 0 Å². The largest absolute Gasteiger partial charge is 0.493 e. The first-order chi connectivity index (χ1) is 8.22. The third-order valence-corrected chi connectivity index (χ3v) is 2.50. The second kappa shape index (κ2) is 7.07. The van der Waals surface area contributed by atoms with E-state index in [4.69, 9.17) is 9.47 Å². The number of methoxy groups -OCH3 is 1. The van der Waals surface area contributed by atoms with Crippen LogP contribution in [0, 0.1) is 0 Å². The number of hydrogen-bond donors (Lipinski definition) is 0. The molecule has 0 aromatic heterocycles. The van der Waals surface area contributed by atoms with Crippen LogP contribution in [0.3, 0.4) is 0 Å². The van der Waals surface area contributed by atoms with Crippen molar-refractivity contribution in [1.29, 1.82) is 0 Å². The SMILES string of the molecule is CCCOc1ccc(C(=O)COC)cc1CC. The van der Waals surface area contributed by atoms with Crippen molar-refractivity contribution < 1.29 is 14.3 Å². The minimum Gasteiger partial charge on any atom is -0.493 e. The van der Waals surface area contributed by atoms with Crippen molar-refractivity contribution in [2.24, 2.45) is 0 Å². The van der Waals surface area contributed by atoms with E-state index in [0.29, 0.717) is 12.2 Å². The fraction of sp³-hybridized carbons (Fsp3) is 0.500. The van der Waals surface area contributed by atoms with Crippen molar-refractivity contribution >= 4 is 5.78 Å². The van der Waals surface area contributed by atoms with E-state index < -0.39 is 0 Å². The maximum absolute atomic E-state index is 11.7. The Morgan fingerprint density at radius 1 is 1.29 bits per heavy atom. The quantitative estimate of drug-likeness (QED) is 0.683. The van der Waals surface area contributed by atoms with E-state index in [1.165, 1.54) is 7.11 Å². The van der Waals surface area contributed by atoms with Gasteiger partial charge in [-0.2, -0.15) is 0 Å². The second-order valence-corrected chi connectivity index (χ2v) is 3.88. The average Bonchev–Trinajstić information content (AvgIpc) is 2.36. The van der Waals surface area contributed by atoms with Crippen molar-refractivity contribution in [1.82, 2.24) is 0 Å². The highest BCUT2D eigenvalue weighted by molar-refractivity contribution is 5.97. The van der Waals surface area contributed by atoms with Gasteiger partial charge in [0.1, 0.15) is 12.4 Å². The lowest BCUT2D eigenvalue weighted by molar-refractivity contribution is 0.0848. The molecule has 0 atom stereocenters. The highest BCUT2D eigenvalue weighted by Gasteiger charge is 2.09. The maximum atomic E-state index is 11.7. The number of carbonyl (C=O) groups is 1. The summed E-state index contributed by atoms with van der Waals surface area (Å²) in [4.78, 5) is 11.7. The molecule has 1 rings (SSSR count). The van der Waals surface area contributed by atoms with E-state index in [9.17, 15) is 4.79 Å². The Balaban J connectivity index is 2.87. The van der Waals surface area contributed by atoms with E-state index in [0.717, 1.165) is 24.2 Å². The van der Waals surface area contributed by atoms with Gasteiger partial charge >= 0.3 is 0 Å². The Kier molecular flexibility index (Phi) is 5.70. The lowest BCUT2D eigenvalue weighted by Crippen LogP contribution is -2.08. The Morgan fingerprint density at radius 2 is 2.06 bits per heavy atom. The second-order valence-electron chi connectivity index (χ2n) is 3.88. The molecule has 0 fully saturated rings. The molecule has 0 N–H and O–H groups in total. The number of hydrogen-bond acceptors (Lipinski definition) is 3. The molecule has 0 aliphatic rings. The number of aryl methyl sites for hydroxylation is 1. The van der Waals surface area contributed by atoms with Crippen LogP contribution in [0.1, 0.15) is 36.2 Å². The average molecular weight is 236 g/mol. The van der Waals surface area contributed by atoms with Crippen molar-refractivity contribution in [3.05, 3.63) is 29.3 Å². The summed E-state index contributed by atoms with van der Waals surface area (Å²) < 4.78 is 10.5. The smallest absolute Gasteiger partial charge is 0.188 e. The zero-order valence-electron chi connectivity index (χ0n) is 10.8. The van der Waals surface area contributed by atoms with Crippen molar-refractivity contribution in [2.75, 3.05) is 20.3 Å². The van der Waals surface area contributed by atoms with Gasteiger partial charge in [0.25, 0.3) is 0 Å². The minimum atomic E-state index is 0.00393. The first-order valence-corrected chi connectivity index (χ1v) is 6.00. The summed E-state index contributed by atoms with van der Waals surface area (Å²) in [5.74, 6) is 0.882. The third-order valence-electron chi connectivity index (χ3n) is 2.50. The van der Waals surface area contributed by atoms with Gasteiger partial charge in [-0.3, -0.25) is 4.79 Å². The Hall–Kier alpha value is -1.35. The predicted molar refractivity (Wildman–Crippen MR) is 67.8 cm³/mol. The number of ether oxygens (including phenoxy) is 2. The van der Waals surface area contributed by atoms with Crippen LogP contribution < -0.4 is 4.74 Å². The van der Waals surface area contributed by atoms with Gasteiger partial charge in [0.2, 0.25) is 0 Å². The fourth-order valence-corrected chi connectivity index (χ4v) is 1.60. The van der Waals surface area contributed by atoms with Gasteiger partial charge in [-0.05, 0) is 36.6 Å². The predicted octanol–water partition coefficient (Wildman–Crippen LogP) is 2.87. The Bertz CT molecular complexity index is 372. The highest BCUT2D eigenvalue weighted by Crippen LogP contribution is 2.21. The molecule has 0 aliphatic carbocycles. The molecule has 0 heterocycles. The van der Waals surface area contributed by atoms with Crippen molar-refractivity contribution in [2.45, 2.75) is 26.7 Å². The summed E-state index contributed by atoms with van der Waals surface area (Å²) in [5, 5.41) is 0. The van der Waals surface area contributed by atoms with E-state index in [1.807, 2.05) is 12.1 Å². The molecule has 0 saturated carbocycles. The maximum Gasteiger partial charge on any atom is 0.188 e. The fourth-order valence-electron chi connectivity index (χ4n) is 1.60. The lowest BCUT2D eigenvalue weighted by atomic mass is 10.0. The molecule has 1 aromatic carbocycles. The Morgan fingerprint density at radius 3 is 2.65 bits per heavy atom. The molecular weight excluding hydrogens is 216 g/mol. The van der Waals surface area contributed by atoms with Gasteiger partial charge in [-0.15, -0.1) is 0 Å². The summed E-state index contributed by atoms with van der Waals surface area (Å²) in [6, 6.07) is 5.56. The Labute approximate surface area is 103 Å². The zero-order valence-corrected chi connectivity index (χ0v) is 10.8. The molecule has 0 bridgehead atoms. The van der Waals surface area contributed by atoms with Crippen LogP contribution in [0.25, 0.3) is 0 Å². The first-order valence-electron chi connectivity index (χ1n) is 6.00. The van der Waals surface area contributed by atoms with Gasteiger partial charge in [0, 0.05) is 12.7 Å². The molecule has 3 heteroatoms. The van der Waals surface area contributed by atoms with Gasteiger partial charge in [-0.1, -0.05) is 13.8 Å². The van der Waals surface area contributed by atoms with Gasteiger partial charge in [0.05, 0.1) is 6.61 Å². The third kappa shape index (κ3) is 3.86. The normalized spacial score (nSPS) is 10.3. The summed E-state index contributed by atoms with van der Waals surface area (Å²) in [6.07, 6.45) is 1.83. The van der Waals surface area contributed by atoms with Gasteiger partial charge in [0.15, 0.2) is 5.78 Å². The number of carbonyl (C=O) groups excluding carboxylic acids is 1. The number of Topliss-reactive ketones (excluding diaryl/α,β-unsaturated/α-hetero) is 1. The molecular formula is C14H20O3. The first kappa shape index (κ1) is 13.7. The van der Waals surface area contributed by atoms with Crippen LogP contribution in [-0.2, 0) is 11.2 Å². The zero-order chi connectivity index (χ0) is 12.7. The molecule has 17 heavy (non-hydrogen) atoms. The number of rotatable bonds is 7. The summed E-state index contributed by atoms with van der Waals surface area (Å²) in [7, 11) is 1.53. The van der Waals surface area contributed by atoms with Crippen LogP contribution in [0.2, 0.25) is 0 Å². The van der Waals surface area contributed by atoms with Crippen LogP contribution in [0.4, 0.5) is 0 Å². The molecule has 1 aromatic rings. The molecule has 0 radical (unpaired) electrons. The monoisotopic (exact) mass is 236 g/mol. The van der Waals surface area contributed by atoms with Crippen molar-refractivity contribution in [3.8, 4) is 5.75 Å².